The lowest BCUT2D eigenvalue weighted by atomic mass is 9.77. The highest BCUT2D eigenvalue weighted by molar-refractivity contribution is 5.50. The summed E-state index contributed by atoms with van der Waals surface area (Å²) < 4.78 is 0. The zero-order chi connectivity index (χ0) is 64.6. The zero-order valence-electron chi connectivity index (χ0n) is 61.2. The molecule has 0 atom stereocenters. The van der Waals surface area contributed by atoms with Crippen LogP contribution in [0.2, 0.25) is 0 Å². The van der Waals surface area contributed by atoms with Crippen LogP contribution in [0.15, 0.2) is 0 Å². The van der Waals surface area contributed by atoms with Gasteiger partial charge in [0.1, 0.15) is 0 Å². The Morgan fingerprint density at radius 2 is 0.523 bits per heavy atom. The van der Waals surface area contributed by atoms with Gasteiger partial charge >= 0.3 is 0 Å². The van der Waals surface area contributed by atoms with E-state index in [0.717, 1.165) is 191 Å². The van der Waals surface area contributed by atoms with Crippen molar-refractivity contribution in [3.63, 3.8) is 0 Å². The van der Waals surface area contributed by atoms with Crippen molar-refractivity contribution in [2.75, 3.05) is 104 Å². The summed E-state index contributed by atoms with van der Waals surface area (Å²) in [5.74, 6) is 4.98. The van der Waals surface area contributed by atoms with Crippen molar-refractivity contribution in [2.45, 2.75) is 343 Å². The number of unbranched alkanes of at least 4 members (excludes halogenated alkanes) is 5. The minimum Gasteiger partial charge on any atom is -0.357 e. The minimum absolute atomic E-state index is 0.0867. The average molecular weight is 1200 g/mol. The predicted molar refractivity (Wildman–Crippen MR) is 371 cm³/mol. The summed E-state index contributed by atoms with van der Waals surface area (Å²) in [5, 5.41) is 3.28. The van der Waals surface area contributed by atoms with Gasteiger partial charge in [0, 0.05) is 115 Å². The smallest absolute Gasteiger partial charge is 0.232 e. The molecule has 86 heavy (non-hydrogen) atoms. The number of hydrogen-bond acceptors (Lipinski definition) is 16. The van der Waals surface area contributed by atoms with Gasteiger partial charge < -0.3 is 29.8 Å². The summed E-state index contributed by atoms with van der Waals surface area (Å²) in [7, 11) is 11.1. The van der Waals surface area contributed by atoms with Crippen LogP contribution in [0.4, 0.5) is 35.7 Å². The van der Waals surface area contributed by atoms with Crippen LogP contribution in [-0.4, -0.2) is 192 Å². The van der Waals surface area contributed by atoms with E-state index >= 15 is 0 Å². The van der Waals surface area contributed by atoms with Gasteiger partial charge in [0.25, 0.3) is 0 Å². The van der Waals surface area contributed by atoms with Gasteiger partial charge in [-0.05, 0) is 229 Å². The molecule has 0 amide bonds. The van der Waals surface area contributed by atoms with Crippen molar-refractivity contribution in [3.8, 4) is 0 Å². The van der Waals surface area contributed by atoms with E-state index in [2.05, 4.69) is 230 Å². The van der Waals surface area contributed by atoms with E-state index in [1.54, 1.807) is 0 Å². The molecule has 4 aliphatic rings. The van der Waals surface area contributed by atoms with Crippen molar-refractivity contribution in [2.24, 2.45) is 0 Å². The zero-order valence-corrected chi connectivity index (χ0v) is 61.2. The molecule has 0 aromatic carbocycles. The van der Waals surface area contributed by atoms with Crippen molar-refractivity contribution >= 4 is 35.7 Å². The highest BCUT2D eigenvalue weighted by Gasteiger charge is 2.50. The topological polar surface area (TPSA) is 119 Å². The SMILES string of the molecule is CCCCN(CCC)c1nc(N(CCCC)C2CC(C)(C)N(C)C(C)(C)C2)nc(N(CCCC)C2CC(C)(C)N(C)C(C)(C)C2)n1.CCCCN(c1nc(NC)nc(N(CCCC)C2CC(C)(C)N(C)C(C)(C)C2)n1)C1CC(C)(C)N(C)C(C)(C)C1. The second-order valence-corrected chi connectivity index (χ2v) is 32.3. The molecule has 4 saturated heterocycles. The molecule has 6 heterocycles. The maximum absolute atomic E-state index is 5.52. The quantitative estimate of drug-likeness (QED) is 0.0913. The largest absolute Gasteiger partial charge is 0.357 e. The fraction of sp³-hybridized carbons (Fsp3) is 0.914. The first-order valence-electron chi connectivity index (χ1n) is 34.9. The van der Waals surface area contributed by atoms with E-state index in [0.29, 0.717) is 30.1 Å². The fourth-order valence-electron chi connectivity index (χ4n) is 15.6. The molecule has 4 fully saturated rings. The molecule has 0 aliphatic carbocycles. The van der Waals surface area contributed by atoms with E-state index in [1.807, 2.05) is 7.05 Å². The van der Waals surface area contributed by atoms with E-state index < -0.39 is 0 Å². The van der Waals surface area contributed by atoms with Gasteiger partial charge in [0.15, 0.2) is 0 Å². The summed E-state index contributed by atoms with van der Waals surface area (Å²) in [6.07, 6.45) is 21.2. The monoisotopic (exact) mass is 1200 g/mol. The Hall–Kier alpha value is -3.34. The normalized spacial score (nSPS) is 22.5. The number of likely N-dealkylation sites (tertiary alicyclic amines) is 4. The maximum Gasteiger partial charge on any atom is 0.232 e. The third kappa shape index (κ3) is 17.8. The van der Waals surface area contributed by atoms with Crippen LogP contribution >= 0.6 is 0 Å². The van der Waals surface area contributed by atoms with Crippen LogP contribution in [-0.2, 0) is 0 Å². The molecule has 4 aliphatic heterocycles. The Kier molecular flexibility index (Phi) is 25.4. The van der Waals surface area contributed by atoms with Crippen molar-refractivity contribution in [3.05, 3.63) is 0 Å². The Morgan fingerprint density at radius 3 is 0.733 bits per heavy atom. The molecule has 2 aromatic rings. The van der Waals surface area contributed by atoms with E-state index in [1.165, 1.54) is 0 Å². The van der Waals surface area contributed by atoms with Crippen molar-refractivity contribution in [1.29, 1.82) is 0 Å². The van der Waals surface area contributed by atoms with Gasteiger partial charge in [-0.25, -0.2) is 0 Å². The lowest BCUT2D eigenvalue weighted by Crippen LogP contribution is -2.63. The molecule has 0 bridgehead atoms. The van der Waals surface area contributed by atoms with Gasteiger partial charge in [-0.1, -0.05) is 73.6 Å². The first-order valence-corrected chi connectivity index (χ1v) is 34.9. The van der Waals surface area contributed by atoms with Gasteiger partial charge in [0.2, 0.25) is 35.7 Å². The Morgan fingerprint density at radius 1 is 0.314 bits per heavy atom. The number of nitrogens with zero attached hydrogens (tertiary/aromatic N) is 15. The van der Waals surface area contributed by atoms with Crippen molar-refractivity contribution < 1.29 is 0 Å². The summed E-state index contributed by atoms with van der Waals surface area (Å²) >= 11 is 0. The number of anilines is 6. The number of piperidine rings is 4. The molecule has 16 nitrogen and oxygen atoms in total. The number of aromatic nitrogens is 6. The molecule has 16 heteroatoms. The minimum atomic E-state index is 0.0867. The molecule has 496 valence electrons. The average Bonchev–Trinajstić information content (AvgIpc) is 1.34. The fourth-order valence-corrected chi connectivity index (χ4v) is 15.6. The Bertz CT molecular complexity index is 2160. The van der Waals surface area contributed by atoms with Gasteiger partial charge in [-0.15, -0.1) is 0 Å². The van der Waals surface area contributed by atoms with E-state index in [-0.39, 0.29) is 44.3 Å². The number of nitrogens with one attached hydrogen (secondary N) is 1. The van der Waals surface area contributed by atoms with Gasteiger partial charge in [0.05, 0.1) is 0 Å². The third-order valence-electron chi connectivity index (χ3n) is 21.9. The predicted octanol–water partition coefficient (Wildman–Crippen LogP) is 14.8. The summed E-state index contributed by atoms with van der Waals surface area (Å²) in [5.41, 5.74) is 0.724. The molecule has 0 spiro atoms. The van der Waals surface area contributed by atoms with Crippen LogP contribution in [0, 0.1) is 0 Å². The molecule has 0 saturated carbocycles. The van der Waals surface area contributed by atoms with Crippen LogP contribution in [0.1, 0.15) is 274 Å². The molecule has 0 unspecified atom stereocenters. The molecule has 6 rings (SSSR count). The molecule has 1 N–H and O–H groups in total. The third-order valence-corrected chi connectivity index (χ3v) is 21.9. The van der Waals surface area contributed by atoms with Crippen molar-refractivity contribution in [1.82, 2.24) is 49.5 Å². The number of hydrogen-bond donors (Lipinski definition) is 1. The van der Waals surface area contributed by atoms with E-state index in [9.17, 15) is 0 Å². The van der Waals surface area contributed by atoms with Gasteiger partial charge in [-0.2, -0.15) is 29.9 Å². The van der Waals surface area contributed by atoms with Crippen LogP contribution < -0.4 is 29.8 Å². The summed E-state index contributed by atoms with van der Waals surface area (Å²) in [6.45, 7) is 57.9. The first-order chi connectivity index (χ1) is 39.9. The molecule has 0 radical (unpaired) electrons. The Labute approximate surface area is 530 Å². The second kappa shape index (κ2) is 29.7. The summed E-state index contributed by atoms with van der Waals surface area (Å²) in [4.78, 5) is 54.7. The highest BCUT2D eigenvalue weighted by Crippen LogP contribution is 2.45. The maximum atomic E-state index is 5.52. The molecular formula is C70H136N16. The van der Waals surface area contributed by atoms with Gasteiger partial charge in [-0.3, -0.25) is 19.6 Å². The lowest BCUT2D eigenvalue weighted by molar-refractivity contribution is -0.0135. The highest BCUT2D eigenvalue weighted by atomic mass is 15.4. The lowest BCUT2D eigenvalue weighted by Gasteiger charge is -2.56. The van der Waals surface area contributed by atoms with E-state index in [4.69, 9.17) is 29.9 Å². The number of rotatable bonds is 27. The van der Waals surface area contributed by atoms with Crippen LogP contribution in [0.25, 0.3) is 0 Å². The summed E-state index contributed by atoms with van der Waals surface area (Å²) in [6, 6.07) is 1.49. The van der Waals surface area contributed by atoms with Crippen LogP contribution in [0.5, 0.6) is 0 Å². The van der Waals surface area contributed by atoms with Crippen LogP contribution in [0.3, 0.4) is 0 Å². The first kappa shape index (κ1) is 73.4. The molecular weight excluding hydrogens is 1060 g/mol. The Balaban J connectivity index is 0.000000317. The standard InChI is InChI=1S/C38H74N8.C32H62N8/c1-15-19-23-44(22-18-4)32-39-33(45(24-20-16-2)30-26-35(5,6)42(13)36(7,8)27-30)41-34(40-32)46(25-21-17-3)31-28-37(9,10)43(14)38(11,12)29-31;1-14-16-18-39(24-20-29(3,4)37(12)30(5,6)21-24)27-34-26(33-11)35-28(36-27)40(19-17-15-2)25-22-31(7,8)38(13)32(9,10)23-25/h30-31H,15-29H2,1-14H3;24-25H,14-23H2,1-13H3,(H,33,34,35,36). The molecule has 2 aromatic heterocycles. The second-order valence-electron chi connectivity index (χ2n) is 32.3.